The molecule has 0 bridgehead atoms. The Kier molecular flexibility index (Phi) is 5.48. The van der Waals surface area contributed by atoms with Gasteiger partial charge in [0.1, 0.15) is 17.1 Å². The largest absolute Gasteiger partial charge is 0.457 e. The maximum atomic E-state index is 12.9. The van der Waals surface area contributed by atoms with Gasteiger partial charge < -0.3 is 4.42 Å². The highest BCUT2D eigenvalue weighted by Crippen LogP contribution is 2.32. The van der Waals surface area contributed by atoms with Crippen molar-refractivity contribution in [3.63, 3.8) is 0 Å². The molecule has 1 aliphatic carbocycles. The number of nitrogens with zero attached hydrogens (tertiary/aromatic N) is 1. The molecule has 6 nitrogen and oxygen atoms in total. The van der Waals surface area contributed by atoms with E-state index >= 15 is 0 Å². The molecule has 1 aliphatic heterocycles. The van der Waals surface area contributed by atoms with Crippen molar-refractivity contribution in [1.82, 2.24) is 10.2 Å². The molecule has 4 amide bonds. The van der Waals surface area contributed by atoms with Crippen molar-refractivity contribution in [3.05, 3.63) is 51.7 Å². The molecule has 1 saturated heterocycles. The van der Waals surface area contributed by atoms with Gasteiger partial charge >= 0.3 is 6.03 Å². The second-order valence-corrected chi connectivity index (χ2v) is 7.95. The number of imide groups is 2. The third kappa shape index (κ3) is 3.95. The van der Waals surface area contributed by atoms with E-state index in [-0.39, 0.29) is 11.6 Å². The first-order valence-electron chi connectivity index (χ1n) is 9.40. The van der Waals surface area contributed by atoms with Crippen molar-refractivity contribution in [2.24, 2.45) is 0 Å². The van der Waals surface area contributed by atoms with E-state index in [4.69, 9.17) is 27.6 Å². The number of rotatable bonds is 3. The molecule has 2 fully saturated rings. The summed E-state index contributed by atoms with van der Waals surface area (Å²) in [4.78, 5) is 38.6. The number of hydrogen-bond donors (Lipinski definition) is 1. The van der Waals surface area contributed by atoms with Crippen LogP contribution in [-0.2, 0) is 9.59 Å². The van der Waals surface area contributed by atoms with Crippen LogP contribution in [0.5, 0.6) is 0 Å². The molecule has 0 atom stereocenters. The van der Waals surface area contributed by atoms with E-state index in [1.165, 1.54) is 11.0 Å². The molecule has 29 heavy (non-hydrogen) atoms. The van der Waals surface area contributed by atoms with Crippen LogP contribution in [0.3, 0.4) is 0 Å². The molecule has 4 rings (SSSR count). The van der Waals surface area contributed by atoms with E-state index in [9.17, 15) is 14.4 Å². The predicted molar refractivity (Wildman–Crippen MR) is 109 cm³/mol. The van der Waals surface area contributed by atoms with Gasteiger partial charge in [-0.25, -0.2) is 4.79 Å². The molecule has 1 aromatic carbocycles. The van der Waals surface area contributed by atoms with E-state index in [1.807, 2.05) is 0 Å². The highest BCUT2D eigenvalue weighted by atomic mass is 35.5. The van der Waals surface area contributed by atoms with Crippen LogP contribution in [0.25, 0.3) is 17.4 Å². The fourth-order valence-corrected chi connectivity index (χ4v) is 4.25. The Bertz CT molecular complexity index is 1020. The maximum Gasteiger partial charge on any atom is 0.331 e. The van der Waals surface area contributed by atoms with Crippen LogP contribution in [0, 0.1) is 0 Å². The predicted octanol–water partition coefficient (Wildman–Crippen LogP) is 5.05. The molecule has 8 heteroatoms. The molecule has 2 aromatic rings. The Morgan fingerprint density at radius 1 is 1.03 bits per heavy atom. The van der Waals surface area contributed by atoms with E-state index in [0.29, 0.717) is 27.1 Å². The lowest BCUT2D eigenvalue weighted by atomic mass is 9.93. The van der Waals surface area contributed by atoms with E-state index in [0.717, 1.165) is 32.1 Å². The van der Waals surface area contributed by atoms with Crippen molar-refractivity contribution in [2.45, 2.75) is 38.1 Å². The van der Waals surface area contributed by atoms with Gasteiger partial charge in [0.25, 0.3) is 11.8 Å². The zero-order chi connectivity index (χ0) is 20.5. The van der Waals surface area contributed by atoms with Crippen LogP contribution in [0.4, 0.5) is 4.79 Å². The fraction of sp³-hybridized carbons (Fsp3) is 0.286. The SMILES string of the molecule is O=C1NC(=O)N(C2CCCCC2)C(=O)C1=Cc1ccc(-c2ccc(Cl)cc2Cl)o1. The van der Waals surface area contributed by atoms with Gasteiger partial charge in [-0.3, -0.25) is 19.8 Å². The van der Waals surface area contributed by atoms with E-state index < -0.39 is 17.8 Å². The standard InChI is InChI=1S/C21H18Cl2N2O4/c22-12-6-8-15(17(23)10-12)18-9-7-14(29-18)11-16-19(26)24-21(28)25(20(16)27)13-4-2-1-3-5-13/h6-11,13H,1-5H2,(H,24,26,28). The average molecular weight is 433 g/mol. The summed E-state index contributed by atoms with van der Waals surface area (Å²) >= 11 is 12.1. The molecule has 1 N–H and O–H groups in total. The minimum atomic E-state index is -0.727. The molecule has 150 valence electrons. The summed E-state index contributed by atoms with van der Waals surface area (Å²) < 4.78 is 5.76. The van der Waals surface area contributed by atoms with Gasteiger partial charge in [0.05, 0.1) is 5.02 Å². The Balaban J connectivity index is 1.63. The molecule has 2 aliphatic rings. The third-order valence-corrected chi connectivity index (χ3v) is 5.73. The highest BCUT2D eigenvalue weighted by Gasteiger charge is 2.40. The quantitative estimate of drug-likeness (QED) is 0.543. The molecule has 1 aromatic heterocycles. The Morgan fingerprint density at radius 2 is 1.79 bits per heavy atom. The first-order valence-corrected chi connectivity index (χ1v) is 10.2. The van der Waals surface area contributed by atoms with Crippen molar-refractivity contribution >= 4 is 47.1 Å². The lowest BCUT2D eigenvalue weighted by Gasteiger charge is -2.35. The molecule has 2 heterocycles. The topological polar surface area (TPSA) is 79.6 Å². The summed E-state index contributed by atoms with van der Waals surface area (Å²) in [6.07, 6.45) is 5.86. The van der Waals surface area contributed by atoms with Gasteiger partial charge in [0.2, 0.25) is 0 Å². The number of benzene rings is 1. The lowest BCUT2D eigenvalue weighted by molar-refractivity contribution is -0.132. The van der Waals surface area contributed by atoms with Crippen LogP contribution in [0.15, 0.2) is 40.3 Å². The minimum absolute atomic E-state index is 0.127. The zero-order valence-electron chi connectivity index (χ0n) is 15.4. The molecule has 0 radical (unpaired) electrons. The van der Waals surface area contributed by atoms with Gasteiger partial charge in [-0.1, -0.05) is 42.5 Å². The van der Waals surface area contributed by atoms with Crippen molar-refractivity contribution in [3.8, 4) is 11.3 Å². The van der Waals surface area contributed by atoms with Crippen molar-refractivity contribution in [1.29, 1.82) is 0 Å². The number of carbonyl (C=O) groups is 3. The average Bonchev–Trinajstić information content (AvgIpc) is 3.14. The monoisotopic (exact) mass is 432 g/mol. The van der Waals surface area contributed by atoms with Crippen LogP contribution < -0.4 is 5.32 Å². The normalized spacial score (nSPS) is 19.7. The highest BCUT2D eigenvalue weighted by molar-refractivity contribution is 6.36. The minimum Gasteiger partial charge on any atom is -0.457 e. The second kappa shape index (κ2) is 8.05. The van der Waals surface area contributed by atoms with E-state index in [1.54, 1.807) is 30.3 Å². The van der Waals surface area contributed by atoms with Gasteiger partial charge in [-0.05, 0) is 49.2 Å². The second-order valence-electron chi connectivity index (χ2n) is 7.11. The summed E-state index contributed by atoms with van der Waals surface area (Å²) in [6.45, 7) is 0. The fourth-order valence-electron chi connectivity index (χ4n) is 3.75. The lowest BCUT2D eigenvalue weighted by Crippen LogP contribution is -2.58. The number of nitrogens with one attached hydrogen (secondary N) is 1. The number of barbiturate groups is 1. The molecule has 0 spiro atoms. The smallest absolute Gasteiger partial charge is 0.331 e. The van der Waals surface area contributed by atoms with Crippen LogP contribution in [0.1, 0.15) is 37.9 Å². The zero-order valence-corrected chi connectivity index (χ0v) is 16.9. The molecule has 0 unspecified atom stereocenters. The van der Waals surface area contributed by atoms with E-state index in [2.05, 4.69) is 5.32 Å². The third-order valence-electron chi connectivity index (χ3n) is 5.18. The van der Waals surface area contributed by atoms with Crippen molar-refractivity contribution < 1.29 is 18.8 Å². The van der Waals surface area contributed by atoms with Gasteiger partial charge in [0.15, 0.2) is 0 Å². The van der Waals surface area contributed by atoms with Gasteiger partial charge in [-0.15, -0.1) is 0 Å². The number of carbonyl (C=O) groups excluding carboxylic acids is 3. The Labute approximate surface area is 177 Å². The van der Waals surface area contributed by atoms with Gasteiger partial charge in [0, 0.05) is 16.6 Å². The first-order chi connectivity index (χ1) is 13.9. The maximum absolute atomic E-state index is 12.9. The number of halogens is 2. The van der Waals surface area contributed by atoms with Crippen LogP contribution >= 0.6 is 23.2 Å². The van der Waals surface area contributed by atoms with Crippen LogP contribution in [-0.4, -0.2) is 28.8 Å². The number of hydrogen-bond acceptors (Lipinski definition) is 4. The van der Waals surface area contributed by atoms with Crippen molar-refractivity contribution in [2.75, 3.05) is 0 Å². The summed E-state index contributed by atoms with van der Waals surface area (Å²) in [6, 6.07) is 7.50. The van der Waals surface area contributed by atoms with Crippen LogP contribution in [0.2, 0.25) is 10.0 Å². The Morgan fingerprint density at radius 3 is 2.52 bits per heavy atom. The summed E-state index contributed by atoms with van der Waals surface area (Å²) in [5.74, 6) is -0.535. The summed E-state index contributed by atoms with van der Waals surface area (Å²) in [5.41, 5.74) is 0.512. The molecular weight excluding hydrogens is 415 g/mol. The Hall–Kier alpha value is -2.57. The number of urea groups is 1. The summed E-state index contributed by atoms with van der Waals surface area (Å²) in [5, 5.41) is 3.19. The number of furan rings is 1. The number of amides is 4. The molecular formula is C21H18Cl2N2O4. The van der Waals surface area contributed by atoms with Gasteiger partial charge in [-0.2, -0.15) is 0 Å². The summed E-state index contributed by atoms with van der Waals surface area (Å²) in [7, 11) is 0. The first kappa shape index (κ1) is 19.7. The molecule has 1 saturated carbocycles.